The Morgan fingerprint density at radius 2 is 0.679 bits per heavy atom. The van der Waals surface area contributed by atoms with Crippen molar-refractivity contribution >= 4 is 41.9 Å². The molecular formula is C51H46O2. The van der Waals surface area contributed by atoms with Gasteiger partial charge in [0.1, 0.15) is 0 Å². The minimum atomic E-state index is -1.29. The summed E-state index contributed by atoms with van der Waals surface area (Å²) >= 11 is 0. The van der Waals surface area contributed by atoms with Gasteiger partial charge in [-0.25, -0.2) is 0 Å². The fourth-order valence-corrected chi connectivity index (χ4v) is 7.09. The van der Waals surface area contributed by atoms with Gasteiger partial charge in [0, 0.05) is 0 Å². The molecule has 0 aliphatic heterocycles. The summed E-state index contributed by atoms with van der Waals surface area (Å²) in [5.41, 5.74) is 3.71. The first-order valence-electron chi connectivity index (χ1n) is 18.5. The molecule has 2 nitrogen and oxygen atoms in total. The predicted molar refractivity (Wildman–Crippen MR) is 223 cm³/mol. The summed E-state index contributed by atoms with van der Waals surface area (Å²) in [6, 6.07) is 50.6. The van der Waals surface area contributed by atoms with E-state index in [9.17, 15) is 0 Å². The van der Waals surface area contributed by atoms with Crippen LogP contribution in [-0.4, -0.2) is 11.6 Å². The Bertz CT molecular complexity index is 2000. The number of benzene rings is 5. The van der Waals surface area contributed by atoms with E-state index in [0.29, 0.717) is 37.7 Å². The molecule has 0 atom stereocenters. The molecule has 2 heteroatoms. The van der Waals surface area contributed by atoms with Gasteiger partial charge in [0.25, 0.3) is 0 Å². The molecule has 53 heavy (non-hydrogen) atoms. The molecule has 0 amide bonds. The lowest BCUT2D eigenvalue weighted by Gasteiger charge is -2.43. The second-order valence-corrected chi connectivity index (χ2v) is 13.7. The van der Waals surface area contributed by atoms with Crippen LogP contribution in [0.25, 0.3) is 30.4 Å². The zero-order chi connectivity index (χ0) is 36.6. The van der Waals surface area contributed by atoms with E-state index in [4.69, 9.17) is 0 Å². The van der Waals surface area contributed by atoms with E-state index in [2.05, 4.69) is 72.9 Å². The molecule has 5 aromatic carbocycles. The van der Waals surface area contributed by atoms with E-state index in [0.717, 1.165) is 27.8 Å². The van der Waals surface area contributed by atoms with E-state index in [1.165, 1.54) is 0 Å². The summed E-state index contributed by atoms with van der Waals surface area (Å²) in [6.07, 6.45) is 24.6. The Morgan fingerprint density at radius 1 is 0.377 bits per heavy atom. The zero-order valence-electron chi connectivity index (χ0n) is 30.1. The highest BCUT2D eigenvalue weighted by Gasteiger charge is 2.55. The normalized spacial score (nSPS) is 15.7. The molecule has 6 rings (SSSR count). The molecule has 0 aromatic heterocycles. The number of hydrogen-bond donors (Lipinski definition) is 0. The SMILES string of the molecule is O=C1C(C/C=C/c2ccccc2)=CC(C/C=C/c2ccccc2)(C/C=C/c2ccccc2)C(=O)C1(C/C=C/c1ccccc1)C/C=C/c1ccccc1. The Morgan fingerprint density at radius 3 is 1.02 bits per heavy atom. The number of rotatable bonds is 15. The van der Waals surface area contributed by atoms with Crippen molar-refractivity contribution < 1.29 is 9.59 Å². The molecule has 262 valence electrons. The molecule has 0 radical (unpaired) electrons. The van der Waals surface area contributed by atoms with Gasteiger partial charge < -0.3 is 0 Å². The van der Waals surface area contributed by atoms with Crippen LogP contribution in [0.2, 0.25) is 0 Å². The molecule has 0 spiro atoms. The summed E-state index contributed by atoms with van der Waals surface area (Å²) in [5, 5.41) is 0. The van der Waals surface area contributed by atoms with Crippen molar-refractivity contribution in [2.75, 3.05) is 0 Å². The quantitative estimate of drug-likeness (QED) is 0.102. The van der Waals surface area contributed by atoms with Gasteiger partial charge in [-0.05, 0) is 65.5 Å². The maximum atomic E-state index is 15.6. The molecule has 1 aliphatic carbocycles. The van der Waals surface area contributed by atoms with E-state index < -0.39 is 10.8 Å². The Balaban J connectivity index is 1.46. The second-order valence-electron chi connectivity index (χ2n) is 13.7. The fraction of sp³-hybridized carbons (Fsp3) is 0.137. The van der Waals surface area contributed by atoms with Gasteiger partial charge in [0.2, 0.25) is 0 Å². The molecule has 0 N–H and O–H groups in total. The summed E-state index contributed by atoms with van der Waals surface area (Å²) in [5.74, 6) is -0.123. The van der Waals surface area contributed by atoms with Gasteiger partial charge in [0.05, 0.1) is 10.8 Å². The first-order chi connectivity index (χ1) is 26.1. The largest absolute Gasteiger partial charge is 0.298 e. The van der Waals surface area contributed by atoms with Crippen LogP contribution in [0.1, 0.15) is 59.9 Å². The molecule has 5 aromatic rings. The third-order valence-electron chi connectivity index (χ3n) is 9.85. The lowest BCUT2D eigenvalue weighted by atomic mass is 9.56. The van der Waals surface area contributed by atoms with E-state index in [-0.39, 0.29) is 11.6 Å². The Kier molecular flexibility index (Phi) is 12.7. The average molecular weight is 691 g/mol. The molecule has 0 heterocycles. The molecular weight excluding hydrogens is 645 g/mol. The van der Waals surface area contributed by atoms with Gasteiger partial charge in [-0.2, -0.15) is 0 Å². The lowest BCUT2D eigenvalue weighted by molar-refractivity contribution is -0.145. The third-order valence-corrected chi connectivity index (χ3v) is 9.85. The van der Waals surface area contributed by atoms with Crippen LogP contribution in [0, 0.1) is 10.8 Å². The van der Waals surface area contributed by atoms with Crippen LogP contribution in [0.15, 0.2) is 194 Å². The minimum Gasteiger partial charge on any atom is -0.298 e. The molecule has 0 fully saturated rings. The van der Waals surface area contributed by atoms with Gasteiger partial charge >= 0.3 is 0 Å². The second kappa shape index (κ2) is 18.4. The van der Waals surface area contributed by atoms with E-state index in [1.54, 1.807) is 0 Å². The Labute approximate surface area is 315 Å². The monoisotopic (exact) mass is 690 g/mol. The highest BCUT2D eigenvalue weighted by molar-refractivity contribution is 6.19. The van der Waals surface area contributed by atoms with Crippen molar-refractivity contribution in [2.24, 2.45) is 10.8 Å². The van der Waals surface area contributed by atoms with Crippen molar-refractivity contribution in [1.82, 2.24) is 0 Å². The van der Waals surface area contributed by atoms with E-state index >= 15 is 9.59 Å². The van der Waals surface area contributed by atoms with Crippen LogP contribution in [0.5, 0.6) is 0 Å². The van der Waals surface area contributed by atoms with Crippen molar-refractivity contribution in [2.45, 2.75) is 32.1 Å². The van der Waals surface area contributed by atoms with Gasteiger partial charge in [-0.15, -0.1) is 0 Å². The van der Waals surface area contributed by atoms with Gasteiger partial charge in [-0.3, -0.25) is 9.59 Å². The highest BCUT2D eigenvalue weighted by atomic mass is 16.2. The molecule has 0 bridgehead atoms. The maximum Gasteiger partial charge on any atom is 0.173 e. The topological polar surface area (TPSA) is 34.1 Å². The number of Topliss-reactive ketones (excluding diaryl/α,β-unsaturated/α-hetero) is 2. The molecule has 0 saturated heterocycles. The summed E-state index contributed by atoms with van der Waals surface area (Å²) in [6.45, 7) is 0. The third kappa shape index (κ3) is 9.81. The van der Waals surface area contributed by atoms with Crippen LogP contribution < -0.4 is 0 Å². The van der Waals surface area contributed by atoms with Crippen molar-refractivity contribution in [3.8, 4) is 0 Å². The number of allylic oxidation sites excluding steroid dienone is 7. The van der Waals surface area contributed by atoms with Gasteiger partial charge in [0.15, 0.2) is 11.6 Å². The smallest absolute Gasteiger partial charge is 0.173 e. The lowest BCUT2D eigenvalue weighted by Crippen LogP contribution is -2.51. The maximum absolute atomic E-state index is 15.6. The van der Waals surface area contributed by atoms with E-state index in [1.807, 2.05) is 146 Å². The zero-order valence-corrected chi connectivity index (χ0v) is 30.1. The van der Waals surface area contributed by atoms with Crippen LogP contribution in [0.3, 0.4) is 0 Å². The summed E-state index contributed by atoms with van der Waals surface area (Å²) in [4.78, 5) is 30.6. The molecule has 1 aliphatic rings. The summed E-state index contributed by atoms with van der Waals surface area (Å²) in [7, 11) is 0. The first kappa shape index (κ1) is 36.7. The Hall–Kier alpha value is -6.12. The highest BCUT2D eigenvalue weighted by Crippen LogP contribution is 2.50. The summed E-state index contributed by atoms with van der Waals surface area (Å²) < 4.78 is 0. The minimum absolute atomic E-state index is 0.0309. The van der Waals surface area contributed by atoms with Crippen LogP contribution >= 0.6 is 0 Å². The number of ketones is 2. The van der Waals surface area contributed by atoms with Crippen molar-refractivity contribution in [1.29, 1.82) is 0 Å². The van der Waals surface area contributed by atoms with Crippen LogP contribution in [-0.2, 0) is 9.59 Å². The van der Waals surface area contributed by atoms with Crippen molar-refractivity contribution in [3.05, 3.63) is 222 Å². The fourth-order valence-electron chi connectivity index (χ4n) is 7.09. The number of carbonyl (C=O) groups excluding carboxylic acids is 2. The molecule has 0 saturated carbocycles. The van der Waals surface area contributed by atoms with Crippen LogP contribution in [0.4, 0.5) is 0 Å². The number of carbonyl (C=O) groups is 2. The average Bonchev–Trinajstić information content (AvgIpc) is 3.21. The first-order valence-corrected chi connectivity index (χ1v) is 18.5. The van der Waals surface area contributed by atoms with Gasteiger partial charge in [-0.1, -0.05) is 218 Å². The van der Waals surface area contributed by atoms with Crippen molar-refractivity contribution in [3.63, 3.8) is 0 Å². The molecule has 0 unspecified atom stereocenters. The number of hydrogen-bond acceptors (Lipinski definition) is 2. The standard InChI is InChI=1S/C51H46O2/c52-48-47(36-16-31-42-21-6-1-7-22-42)41-50(37-17-32-43-23-8-2-9-24-43,38-18-33-44-25-10-3-11-26-44)49(53)51(48,39-19-34-45-27-12-4-13-28-45)40-20-35-46-29-14-5-15-30-46/h1-35,41H,36-40H2/b31-16+,32-17+,33-18+,34-19+,35-20+. The predicted octanol–water partition coefficient (Wildman–Crippen LogP) is 12.6.